The molecular formula is C24H20F3N7O2. The van der Waals surface area contributed by atoms with Crippen molar-refractivity contribution in [2.24, 2.45) is 0 Å². The molecule has 0 aliphatic heterocycles. The normalized spacial score (nSPS) is 10.9. The third-order valence-electron chi connectivity index (χ3n) is 4.54. The van der Waals surface area contributed by atoms with Gasteiger partial charge in [0.15, 0.2) is 5.75 Å². The van der Waals surface area contributed by atoms with E-state index in [9.17, 15) is 18.0 Å². The maximum Gasteiger partial charge on any atom is 0.573 e. The zero-order chi connectivity index (χ0) is 25.5. The summed E-state index contributed by atoms with van der Waals surface area (Å²) < 4.78 is 41.7. The van der Waals surface area contributed by atoms with E-state index in [1.807, 2.05) is 18.2 Å². The number of rotatable bonds is 7. The number of anilines is 6. The summed E-state index contributed by atoms with van der Waals surface area (Å²) in [5.74, 6) is 1.77. The summed E-state index contributed by atoms with van der Waals surface area (Å²) in [6.07, 6.45) is -3.21. The molecule has 0 bridgehead atoms. The molecule has 0 saturated heterocycles. The summed E-state index contributed by atoms with van der Waals surface area (Å²) in [7, 11) is 0. The largest absolute Gasteiger partial charge is 0.573 e. The number of alkyl halides is 3. The summed E-state index contributed by atoms with van der Waals surface area (Å²) in [6, 6.07) is 18.4. The van der Waals surface area contributed by atoms with Crippen LogP contribution in [0.4, 0.5) is 52.5 Å². The standard InChI is InChI=1S/C24H20F3N7O2/c1-15-29-21(14-22(30-15)34-20-8-4-5-13-28-20)31-16-9-11-17(12-10-16)32-23(35)33-18-6-2-3-7-19(18)36-24(25,26)27/h2-14H,1H3,(H2,32,33,35)(H2,28,29,30,31,34). The SMILES string of the molecule is Cc1nc(Nc2ccc(NC(=O)Nc3ccccc3OC(F)(F)F)cc2)cc(Nc2ccccn2)n1. The lowest BCUT2D eigenvalue weighted by Gasteiger charge is -2.14. The van der Waals surface area contributed by atoms with E-state index in [0.717, 1.165) is 6.07 Å². The van der Waals surface area contributed by atoms with E-state index in [0.29, 0.717) is 34.7 Å². The second kappa shape index (κ2) is 10.6. The second-order valence-electron chi connectivity index (χ2n) is 7.35. The average Bonchev–Trinajstić information content (AvgIpc) is 2.81. The minimum atomic E-state index is -4.88. The smallest absolute Gasteiger partial charge is 0.404 e. The Morgan fingerprint density at radius 1 is 0.806 bits per heavy atom. The lowest BCUT2D eigenvalue weighted by atomic mass is 10.2. The fraction of sp³-hybridized carbons (Fsp3) is 0.0833. The molecule has 0 spiro atoms. The number of aryl methyl sites for hydroxylation is 1. The summed E-state index contributed by atoms with van der Waals surface area (Å²) in [5, 5.41) is 11.2. The van der Waals surface area contributed by atoms with Gasteiger partial charge in [0.1, 0.15) is 23.3 Å². The van der Waals surface area contributed by atoms with Gasteiger partial charge < -0.3 is 26.0 Å². The van der Waals surface area contributed by atoms with E-state index in [1.165, 1.54) is 18.2 Å². The number of ether oxygens (including phenoxy) is 1. The molecule has 12 heteroatoms. The zero-order valence-electron chi connectivity index (χ0n) is 18.8. The van der Waals surface area contributed by atoms with Gasteiger partial charge in [0.25, 0.3) is 0 Å². The molecule has 184 valence electrons. The van der Waals surface area contributed by atoms with Crippen LogP contribution < -0.4 is 26.0 Å². The number of benzene rings is 2. The Morgan fingerprint density at radius 3 is 2.17 bits per heavy atom. The molecule has 4 N–H and O–H groups in total. The van der Waals surface area contributed by atoms with Crippen LogP contribution in [-0.4, -0.2) is 27.3 Å². The quantitative estimate of drug-likeness (QED) is 0.241. The average molecular weight is 495 g/mol. The summed E-state index contributed by atoms with van der Waals surface area (Å²) in [4.78, 5) is 25.2. The maximum absolute atomic E-state index is 12.6. The maximum atomic E-state index is 12.6. The Balaban J connectivity index is 1.38. The molecule has 0 aliphatic carbocycles. The van der Waals surface area contributed by atoms with Crippen LogP contribution in [0.2, 0.25) is 0 Å². The van der Waals surface area contributed by atoms with Crippen LogP contribution in [-0.2, 0) is 0 Å². The molecule has 2 heterocycles. The predicted molar refractivity (Wildman–Crippen MR) is 130 cm³/mol. The molecule has 0 aliphatic rings. The highest BCUT2D eigenvalue weighted by Crippen LogP contribution is 2.30. The summed E-state index contributed by atoms with van der Waals surface area (Å²) >= 11 is 0. The number of nitrogens with zero attached hydrogens (tertiary/aromatic N) is 3. The number of nitrogens with one attached hydrogen (secondary N) is 4. The van der Waals surface area contributed by atoms with E-state index >= 15 is 0 Å². The van der Waals surface area contributed by atoms with Crippen molar-refractivity contribution in [1.82, 2.24) is 15.0 Å². The van der Waals surface area contributed by atoms with Crippen molar-refractivity contribution in [2.75, 3.05) is 21.3 Å². The van der Waals surface area contributed by atoms with Crippen LogP contribution in [0.1, 0.15) is 5.82 Å². The summed E-state index contributed by atoms with van der Waals surface area (Å²) in [5.41, 5.74) is 0.982. The van der Waals surface area contributed by atoms with Gasteiger partial charge in [-0.3, -0.25) is 0 Å². The number of urea groups is 1. The molecule has 0 fully saturated rings. The van der Waals surface area contributed by atoms with E-state index < -0.39 is 18.1 Å². The van der Waals surface area contributed by atoms with Crippen LogP contribution in [0.5, 0.6) is 5.75 Å². The van der Waals surface area contributed by atoms with Gasteiger partial charge in [-0.25, -0.2) is 19.7 Å². The number of pyridine rings is 1. The van der Waals surface area contributed by atoms with Gasteiger partial charge >= 0.3 is 12.4 Å². The van der Waals surface area contributed by atoms with Crippen molar-refractivity contribution < 1.29 is 22.7 Å². The molecule has 0 radical (unpaired) electrons. The van der Waals surface area contributed by atoms with Crippen molar-refractivity contribution in [1.29, 1.82) is 0 Å². The molecule has 4 aromatic rings. The van der Waals surface area contributed by atoms with Crippen LogP contribution >= 0.6 is 0 Å². The molecule has 0 atom stereocenters. The van der Waals surface area contributed by atoms with E-state index in [2.05, 4.69) is 41.0 Å². The number of para-hydroxylation sites is 2. The van der Waals surface area contributed by atoms with Crippen molar-refractivity contribution in [2.45, 2.75) is 13.3 Å². The van der Waals surface area contributed by atoms with E-state index in [1.54, 1.807) is 43.5 Å². The lowest BCUT2D eigenvalue weighted by molar-refractivity contribution is -0.274. The van der Waals surface area contributed by atoms with Crippen molar-refractivity contribution in [3.63, 3.8) is 0 Å². The van der Waals surface area contributed by atoms with Crippen LogP contribution in [0.3, 0.4) is 0 Å². The molecular weight excluding hydrogens is 475 g/mol. The Morgan fingerprint density at radius 2 is 1.47 bits per heavy atom. The molecule has 36 heavy (non-hydrogen) atoms. The Kier molecular flexibility index (Phi) is 7.14. The Bertz CT molecular complexity index is 1330. The highest BCUT2D eigenvalue weighted by Gasteiger charge is 2.32. The first-order valence-electron chi connectivity index (χ1n) is 10.6. The highest BCUT2D eigenvalue weighted by atomic mass is 19.4. The monoisotopic (exact) mass is 495 g/mol. The molecule has 2 aromatic carbocycles. The zero-order valence-corrected chi connectivity index (χ0v) is 18.8. The first kappa shape index (κ1) is 24.3. The number of hydrogen-bond acceptors (Lipinski definition) is 7. The third kappa shape index (κ3) is 7.06. The van der Waals surface area contributed by atoms with Gasteiger partial charge in [0.05, 0.1) is 5.69 Å². The Hall–Kier alpha value is -4.87. The van der Waals surface area contributed by atoms with Gasteiger partial charge in [-0.2, -0.15) is 0 Å². The molecule has 4 rings (SSSR count). The predicted octanol–water partition coefficient (Wildman–Crippen LogP) is 6.21. The van der Waals surface area contributed by atoms with Crippen molar-refractivity contribution >= 4 is 40.5 Å². The van der Waals surface area contributed by atoms with Gasteiger partial charge in [-0.1, -0.05) is 18.2 Å². The van der Waals surface area contributed by atoms with Crippen LogP contribution in [0.25, 0.3) is 0 Å². The van der Waals surface area contributed by atoms with Gasteiger partial charge in [0.2, 0.25) is 0 Å². The molecule has 9 nitrogen and oxygen atoms in total. The van der Waals surface area contributed by atoms with E-state index in [-0.39, 0.29) is 5.69 Å². The number of carbonyl (C=O) groups is 1. The first-order chi connectivity index (χ1) is 17.2. The van der Waals surface area contributed by atoms with Crippen LogP contribution in [0.15, 0.2) is 79.0 Å². The number of hydrogen-bond donors (Lipinski definition) is 4. The van der Waals surface area contributed by atoms with Crippen molar-refractivity contribution in [3.05, 3.63) is 84.8 Å². The number of amides is 2. The molecule has 0 saturated carbocycles. The third-order valence-corrected chi connectivity index (χ3v) is 4.54. The number of carbonyl (C=O) groups excluding carboxylic acids is 1. The molecule has 2 amide bonds. The van der Waals surface area contributed by atoms with Crippen LogP contribution in [0, 0.1) is 6.92 Å². The van der Waals surface area contributed by atoms with Gasteiger partial charge in [-0.15, -0.1) is 13.2 Å². The Labute approximate surface area is 203 Å². The number of aromatic nitrogens is 3. The minimum absolute atomic E-state index is 0.125. The van der Waals surface area contributed by atoms with Gasteiger partial charge in [-0.05, 0) is 55.5 Å². The summed E-state index contributed by atoms with van der Waals surface area (Å²) in [6.45, 7) is 1.76. The topological polar surface area (TPSA) is 113 Å². The fourth-order valence-corrected chi connectivity index (χ4v) is 3.12. The minimum Gasteiger partial charge on any atom is -0.404 e. The second-order valence-corrected chi connectivity index (χ2v) is 7.35. The number of halogens is 3. The van der Waals surface area contributed by atoms with Gasteiger partial charge in [0, 0.05) is 23.6 Å². The highest BCUT2D eigenvalue weighted by molar-refractivity contribution is 6.00. The first-order valence-corrected chi connectivity index (χ1v) is 10.6. The fourth-order valence-electron chi connectivity index (χ4n) is 3.12. The van der Waals surface area contributed by atoms with Crippen molar-refractivity contribution in [3.8, 4) is 5.75 Å². The molecule has 0 unspecified atom stereocenters. The van der Waals surface area contributed by atoms with E-state index in [4.69, 9.17) is 0 Å². The molecule has 2 aromatic heterocycles. The lowest BCUT2D eigenvalue weighted by Crippen LogP contribution is -2.22.